The van der Waals surface area contributed by atoms with Crippen LogP contribution >= 0.6 is 11.6 Å². The summed E-state index contributed by atoms with van der Waals surface area (Å²) in [5.74, 6) is 0.914. The average Bonchev–Trinajstić information content (AvgIpc) is 3.13. The number of halogens is 1. The Balaban J connectivity index is 1.79. The number of nitrogens with zero attached hydrogens (tertiary/aromatic N) is 2. The number of aromatic nitrogens is 2. The number of benzene rings is 2. The summed E-state index contributed by atoms with van der Waals surface area (Å²) in [4.78, 5) is 12.6. The highest BCUT2D eigenvalue weighted by atomic mass is 35.5. The fraction of sp³-hybridized carbons (Fsp3) is 0.200. The SMILES string of the molecule is NCc1cc(-c2ccc3c(c2)CCO3)nn(Cc2ccccc2Cl)c1=O. The number of ether oxygens (including phenoxy) is 1. The zero-order valence-corrected chi connectivity index (χ0v) is 14.9. The van der Waals surface area contributed by atoms with Crippen molar-refractivity contribution in [2.45, 2.75) is 19.5 Å². The Labute approximate surface area is 156 Å². The Morgan fingerprint density at radius 3 is 2.81 bits per heavy atom. The molecule has 4 rings (SSSR count). The molecule has 1 aliphatic heterocycles. The number of fused-ring (bicyclic) bond motifs is 1. The molecule has 6 heteroatoms. The van der Waals surface area contributed by atoms with E-state index in [1.54, 1.807) is 12.1 Å². The van der Waals surface area contributed by atoms with Gasteiger partial charge in [0.1, 0.15) is 5.75 Å². The lowest BCUT2D eigenvalue weighted by Gasteiger charge is -2.12. The van der Waals surface area contributed by atoms with Gasteiger partial charge in [0.2, 0.25) is 0 Å². The zero-order chi connectivity index (χ0) is 18.1. The molecular weight excluding hydrogens is 350 g/mol. The maximum absolute atomic E-state index is 12.6. The molecule has 0 spiro atoms. The summed E-state index contributed by atoms with van der Waals surface area (Å²) in [6.07, 6.45) is 0.881. The van der Waals surface area contributed by atoms with Gasteiger partial charge in [-0.15, -0.1) is 0 Å². The van der Waals surface area contributed by atoms with Crippen molar-refractivity contribution in [3.8, 4) is 17.0 Å². The molecule has 2 heterocycles. The predicted octanol–water partition coefficient (Wildman–Crippen LogP) is 3.01. The van der Waals surface area contributed by atoms with Crippen molar-refractivity contribution in [2.75, 3.05) is 6.61 Å². The second-order valence-electron chi connectivity index (χ2n) is 6.23. The van der Waals surface area contributed by atoms with Crippen LogP contribution in [-0.2, 0) is 19.5 Å². The van der Waals surface area contributed by atoms with Gasteiger partial charge in [0, 0.05) is 29.1 Å². The van der Waals surface area contributed by atoms with Gasteiger partial charge < -0.3 is 10.5 Å². The van der Waals surface area contributed by atoms with E-state index in [0.29, 0.717) is 29.4 Å². The first kappa shape index (κ1) is 16.8. The van der Waals surface area contributed by atoms with Gasteiger partial charge in [-0.1, -0.05) is 29.8 Å². The summed E-state index contributed by atoms with van der Waals surface area (Å²) in [6.45, 7) is 1.16. The molecule has 2 N–H and O–H groups in total. The van der Waals surface area contributed by atoms with Crippen molar-refractivity contribution in [1.82, 2.24) is 9.78 Å². The van der Waals surface area contributed by atoms with Crippen LogP contribution in [0.3, 0.4) is 0 Å². The van der Waals surface area contributed by atoms with Crippen molar-refractivity contribution < 1.29 is 4.74 Å². The molecule has 3 aromatic rings. The van der Waals surface area contributed by atoms with Gasteiger partial charge in [-0.2, -0.15) is 5.10 Å². The van der Waals surface area contributed by atoms with E-state index in [0.717, 1.165) is 28.9 Å². The van der Waals surface area contributed by atoms with Gasteiger partial charge >= 0.3 is 0 Å². The van der Waals surface area contributed by atoms with E-state index in [-0.39, 0.29) is 12.1 Å². The molecule has 26 heavy (non-hydrogen) atoms. The Bertz CT molecular complexity index is 1030. The molecule has 1 aliphatic rings. The summed E-state index contributed by atoms with van der Waals surface area (Å²) in [6, 6.07) is 15.2. The fourth-order valence-corrected chi connectivity index (χ4v) is 3.32. The molecule has 0 radical (unpaired) electrons. The Morgan fingerprint density at radius 1 is 1.15 bits per heavy atom. The van der Waals surface area contributed by atoms with Crippen molar-refractivity contribution in [3.05, 3.63) is 80.6 Å². The summed E-state index contributed by atoms with van der Waals surface area (Å²) in [7, 11) is 0. The highest BCUT2D eigenvalue weighted by Gasteiger charge is 2.15. The van der Waals surface area contributed by atoms with Gasteiger partial charge in [0.25, 0.3) is 5.56 Å². The van der Waals surface area contributed by atoms with Gasteiger partial charge in [0.15, 0.2) is 0 Å². The van der Waals surface area contributed by atoms with E-state index in [2.05, 4.69) is 11.2 Å². The van der Waals surface area contributed by atoms with Crippen LogP contribution in [0.15, 0.2) is 53.3 Å². The molecule has 132 valence electrons. The normalized spacial score (nSPS) is 12.7. The maximum Gasteiger partial charge on any atom is 0.271 e. The molecule has 0 fully saturated rings. The predicted molar refractivity (Wildman–Crippen MR) is 102 cm³/mol. The molecule has 0 unspecified atom stereocenters. The number of hydrogen-bond donors (Lipinski definition) is 1. The summed E-state index contributed by atoms with van der Waals surface area (Å²) in [5.41, 5.74) is 9.78. The molecule has 2 aromatic carbocycles. The Kier molecular flexibility index (Phi) is 4.49. The summed E-state index contributed by atoms with van der Waals surface area (Å²) >= 11 is 6.24. The third-order valence-corrected chi connectivity index (χ3v) is 4.90. The standard InChI is InChI=1S/C20H18ClN3O2/c21-17-4-2-1-3-15(17)12-24-20(25)16(11-22)10-18(23-24)13-5-6-19-14(9-13)7-8-26-19/h1-6,9-10H,7-8,11-12,22H2. The quantitative estimate of drug-likeness (QED) is 0.769. The third kappa shape index (κ3) is 3.11. The van der Waals surface area contributed by atoms with Crippen molar-refractivity contribution in [2.24, 2.45) is 5.73 Å². The van der Waals surface area contributed by atoms with Gasteiger partial charge in [-0.25, -0.2) is 4.68 Å². The smallest absolute Gasteiger partial charge is 0.271 e. The van der Waals surface area contributed by atoms with E-state index in [1.807, 2.05) is 30.3 Å². The second-order valence-corrected chi connectivity index (χ2v) is 6.64. The van der Waals surface area contributed by atoms with Crippen LogP contribution < -0.4 is 16.0 Å². The van der Waals surface area contributed by atoms with Crippen LogP contribution in [0.1, 0.15) is 16.7 Å². The van der Waals surface area contributed by atoms with E-state index >= 15 is 0 Å². The highest BCUT2D eigenvalue weighted by Crippen LogP contribution is 2.29. The Hall–Kier alpha value is -2.63. The molecule has 0 saturated carbocycles. The molecule has 1 aromatic heterocycles. The average molecular weight is 368 g/mol. The topological polar surface area (TPSA) is 70.1 Å². The van der Waals surface area contributed by atoms with Crippen molar-refractivity contribution in [1.29, 1.82) is 0 Å². The lowest BCUT2D eigenvalue weighted by molar-refractivity contribution is 0.357. The van der Waals surface area contributed by atoms with Crippen LogP contribution in [0.25, 0.3) is 11.3 Å². The van der Waals surface area contributed by atoms with Crippen LogP contribution in [0.5, 0.6) is 5.75 Å². The molecule has 0 amide bonds. The fourth-order valence-electron chi connectivity index (χ4n) is 3.13. The van der Waals surface area contributed by atoms with Gasteiger partial charge in [-0.05, 0) is 41.5 Å². The molecule has 0 aliphatic carbocycles. The first-order valence-corrected chi connectivity index (χ1v) is 8.84. The van der Waals surface area contributed by atoms with Crippen LogP contribution in [-0.4, -0.2) is 16.4 Å². The van der Waals surface area contributed by atoms with E-state index < -0.39 is 0 Å². The van der Waals surface area contributed by atoms with E-state index in [9.17, 15) is 4.79 Å². The highest BCUT2D eigenvalue weighted by molar-refractivity contribution is 6.31. The molecule has 0 bridgehead atoms. The molecule has 0 saturated heterocycles. The lowest BCUT2D eigenvalue weighted by atomic mass is 10.1. The van der Waals surface area contributed by atoms with Gasteiger partial charge in [-0.3, -0.25) is 4.79 Å². The number of rotatable bonds is 4. The zero-order valence-electron chi connectivity index (χ0n) is 14.1. The van der Waals surface area contributed by atoms with Gasteiger partial charge in [0.05, 0.1) is 18.8 Å². The monoisotopic (exact) mass is 367 g/mol. The summed E-state index contributed by atoms with van der Waals surface area (Å²) < 4.78 is 6.99. The molecular formula is C20H18ClN3O2. The van der Waals surface area contributed by atoms with E-state index in [1.165, 1.54) is 4.68 Å². The maximum atomic E-state index is 12.6. The van der Waals surface area contributed by atoms with E-state index in [4.69, 9.17) is 22.1 Å². The second kappa shape index (κ2) is 6.94. The number of hydrogen-bond acceptors (Lipinski definition) is 4. The van der Waals surface area contributed by atoms with Crippen LogP contribution in [0, 0.1) is 0 Å². The van der Waals surface area contributed by atoms with Crippen molar-refractivity contribution in [3.63, 3.8) is 0 Å². The lowest BCUT2D eigenvalue weighted by Crippen LogP contribution is -2.28. The minimum atomic E-state index is -0.194. The minimum Gasteiger partial charge on any atom is -0.493 e. The van der Waals surface area contributed by atoms with Crippen LogP contribution in [0.4, 0.5) is 0 Å². The van der Waals surface area contributed by atoms with Crippen molar-refractivity contribution >= 4 is 11.6 Å². The number of nitrogens with two attached hydrogens (primary N) is 1. The summed E-state index contributed by atoms with van der Waals surface area (Å²) in [5, 5.41) is 5.17. The first-order valence-electron chi connectivity index (χ1n) is 8.46. The Morgan fingerprint density at radius 2 is 2.00 bits per heavy atom. The third-order valence-electron chi connectivity index (χ3n) is 4.53. The van der Waals surface area contributed by atoms with Crippen LogP contribution in [0.2, 0.25) is 5.02 Å². The first-order chi connectivity index (χ1) is 12.7. The minimum absolute atomic E-state index is 0.158. The molecule has 5 nitrogen and oxygen atoms in total. The molecule has 0 atom stereocenters. The largest absolute Gasteiger partial charge is 0.493 e.